The number of hydrogen-bond acceptors (Lipinski definition) is 4. The Labute approximate surface area is 166 Å². The second-order valence-corrected chi connectivity index (χ2v) is 7.21. The molecule has 0 aliphatic heterocycles. The van der Waals surface area contributed by atoms with Gasteiger partial charge < -0.3 is 15.0 Å². The Morgan fingerprint density at radius 1 is 1.07 bits per heavy atom. The fraction of sp³-hybridized carbons (Fsp3) is 0.304. The predicted octanol–water partition coefficient (Wildman–Crippen LogP) is 3.75. The van der Waals surface area contributed by atoms with E-state index >= 15 is 0 Å². The Morgan fingerprint density at radius 3 is 2.29 bits per heavy atom. The van der Waals surface area contributed by atoms with Crippen molar-refractivity contribution in [3.8, 4) is 22.6 Å². The molecule has 0 bridgehead atoms. The van der Waals surface area contributed by atoms with Crippen molar-refractivity contribution in [2.24, 2.45) is 12.8 Å². The summed E-state index contributed by atoms with van der Waals surface area (Å²) in [6.45, 7) is 2.01. The molecule has 0 fully saturated rings. The maximum atomic E-state index is 11.3. The van der Waals surface area contributed by atoms with Crippen molar-refractivity contribution in [2.75, 3.05) is 7.11 Å². The highest BCUT2D eigenvalue weighted by Gasteiger charge is 2.10. The number of benzene rings is 2. The molecule has 28 heavy (non-hydrogen) atoms. The normalized spacial score (nSPS) is 12.0. The molecule has 0 amide bonds. The quantitative estimate of drug-likeness (QED) is 0.637. The van der Waals surface area contributed by atoms with Gasteiger partial charge in [-0.25, -0.2) is 4.98 Å². The molecule has 1 aromatic heterocycles. The molecule has 3 rings (SSSR count). The molecule has 0 saturated heterocycles. The number of methoxy groups -OCH3 is 1. The van der Waals surface area contributed by atoms with E-state index in [1.54, 1.807) is 0 Å². The fourth-order valence-corrected chi connectivity index (χ4v) is 3.23. The van der Waals surface area contributed by atoms with Crippen molar-refractivity contribution in [2.45, 2.75) is 32.2 Å². The van der Waals surface area contributed by atoms with Gasteiger partial charge in [-0.05, 0) is 30.9 Å². The van der Waals surface area contributed by atoms with Crippen molar-refractivity contribution in [3.63, 3.8) is 0 Å². The number of imidazole rings is 1. The standard InChI is InChI=1S/C23H27N3O2/c1-16(24)14-18-6-9-19(10-7-18)21-15-26(2)23(25-21)20-11-4-17(5-12-20)8-13-22(27)28-3/h4-7,9-12,15-16H,8,13-14,24H2,1-3H3. The van der Waals surface area contributed by atoms with Crippen LogP contribution < -0.4 is 5.73 Å². The van der Waals surface area contributed by atoms with Crippen molar-refractivity contribution in [1.82, 2.24) is 9.55 Å². The summed E-state index contributed by atoms with van der Waals surface area (Å²) in [5.74, 6) is 0.721. The number of nitrogens with zero attached hydrogens (tertiary/aromatic N) is 2. The highest BCUT2D eigenvalue weighted by molar-refractivity contribution is 5.69. The van der Waals surface area contributed by atoms with E-state index in [1.165, 1.54) is 12.7 Å². The number of ether oxygens (including phenoxy) is 1. The van der Waals surface area contributed by atoms with Crippen molar-refractivity contribution < 1.29 is 9.53 Å². The zero-order chi connectivity index (χ0) is 20.1. The third kappa shape index (κ3) is 4.87. The van der Waals surface area contributed by atoms with Crippen molar-refractivity contribution in [1.29, 1.82) is 0 Å². The molecule has 0 saturated carbocycles. The van der Waals surface area contributed by atoms with E-state index < -0.39 is 0 Å². The molecule has 1 atom stereocenters. The van der Waals surface area contributed by atoms with Crippen LogP contribution in [0.1, 0.15) is 24.5 Å². The summed E-state index contributed by atoms with van der Waals surface area (Å²) in [7, 11) is 3.41. The van der Waals surface area contributed by atoms with Crippen LogP contribution in [0.25, 0.3) is 22.6 Å². The number of esters is 1. The van der Waals surface area contributed by atoms with Gasteiger partial charge in [-0.3, -0.25) is 4.79 Å². The monoisotopic (exact) mass is 377 g/mol. The Balaban J connectivity index is 1.75. The zero-order valence-electron chi connectivity index (χ0n) is 16.7. The van der Waals surface area contributed by atoms with Crippen LogP contribution in [0.4, 0.5) is 0 Å². The number of rotatable bonds is 7. The lowest BCUT2D eigenvalue weighted by Crippen LogP contribution is -2.17. The van der Waals surface area contributed by atoms with Crippen LogP contribution in [-0.4, -0.2) is 28.7 Å². The number of carbonyl (C=O) groups is 1. The van der Waals surface area contributed by atoms with E-state index in [9.17, 15) is 4.79 Å². The van der Waals surface area contributed by atoms with Crippen LogP contribution in [0.3, 0.4) is 0 Å². The maximum absolute atomic E-state index is 11.3. The molecule has 5 heteroatoms. The number of nitrogens with two attached hydrogens (primary N) is 1. The molecule has 2 aromatic carbocycles. The Bertz CT molecular complexity index is 925. The molecule has 0 spiro atoms. The summed E-state index contributed by atoms with van der Waals surface area (Å²) in [5, 5.41) is 0. The van der Waals surface area contributed by atoms with Crippen molar-refractivity contribution >= 4 is 5.97 Å². The van der Waals surface area contributed by atoms with Gasteiger partial charge in [0.25, 0.3) is 0 Å². The zero-order valence-corrected chi connectivity index (χ0v) is 16.7. The van der Waals surface area contributed by atoms with E-state index in [0.717, 1.165) is 34.6 Å². The van der Waals surface area contributed by atoms with Gasteiger partial charge in [0.05, 0.1) is 12.8 Å². The smallest absolute Gasteiger partial charge is 0.305 e. The minimum atomic E-state index is -0.190. The first kappa shape index (κ1) is 19.8. The number of aryl methyl sites for hydroxylation is 2. The average Bonchev–Trinajstić information content (AvgIpc) is 3.08. The number of aromatic nitrogens is 2. The van der Waals surface area contributed by atoms with Crippen LogP contribution >= 0.6 is 0 Å². The van der Waals surface area contributed by atoms with Gasteiger partial charge >= 0.3 is 5.97 Å². The summed E-state index contributed by atoms with van der Waals surface area (Å²) in [4.78, 5) is 16.1. The lowest BCUT2D eigenvalue weighted by Gasteiger charge is -2.05. The van der Waals surface area contributed by atoms with E-state index in [2.05, 4.69) is 24.3 Å². The highest BCUT2D eigenvalue weighted by Crippen LogP contribution is 2.25. The molecule has 1 heterocycles. The summed E-state index contributed by atoms with van der Waals surface area (Å²) < 4.78 is 6.73. The average molecular weight is 377 g/mol. The van der Waals surface area contributed by atoms with Crippen LogP contribution in [0.15, 0.2) is 54.7 Å². The van der Waals surface area contributed by atoms with Crippen molar-refractivity contribution in [3.05, 3.63) is 65.9 Å². The molecule has 0 aliphatic carbocycles. The van der Waals surface area contributed by atoms with E-state index in [1.807, 2.05) is 49.0 Å². The van der Waals surface area contributed by atoms with Gasteiger partial charge in [0.15, 0.2) is 0 Å². The minimum Gasteiger partial charge on any atom is -0.469 e. The first-order valence-electron chi connectivity index (χ1n) is 9.50. The molecular weight excluding hydrogens is 350 g/mol. The first-order chi connectivity index (χ1) is 13.5. The maximum Gasteiger partial charge on any atom is 0.305 e. The summed E-state index contributed by atoms with van der Waals surface area (Å²) in [5.41, 5.74) is 11.3. The summed E-state index contributed by atoms with van der Waals surface area (Å²) in [6.07, 6.45) is 3.98. The molecule has 0 aliphatic rings. The van der Waals surface area contributed by atoms with Crippen LogP contribution in [-0.2, 0) is 29.4 Å². The predicted molar refractivity (Wildman–Crippen MR) is 112 cm³/mol. The molecule has 5 nitrogen and oxygen atoms in total. The third-order valence-corrected chi connectivity index (χ3v) is 4.74. The Morgan fingerprint density at radius 2 is 1.68 bits per heavy atom. The molecular formula is C23H27N3O2. The molecule has 2 N–H and O–H groups in total. The fourth-order valence-electron chi connectivity index (χ4n) is 3.23. The highest BCUT2D eigenvalue weighted by atomic mass is 16.5. The van der Waals surface area contributed by atoms with Crippen LogP contribution in [0, 0.1) is 0 Å². The lowest BCUT2D eigenvalue weighted by atomic mass is 10.0. The second-order valence-electron chi connectivity index (χ2n) is 7.21. The van der Waals surface area contributed by atoms with Gasteiger partial charge in [0, 0.05) is 36.8 Å². The van der Waals surface area contributed by atoms with Gasteiger partial charge in [-0.2, -0.15) is 0 Å². The van der Waals surface area contributed by atoms with Gasteiger partial charge in [-0.15, -0.1) is 0 Å². The van der Waals surface area contributed by atoms with Gasteiger partial charge in [0.1, 0.15) is 5.82 Å². The third-order valence-electron chi connectivity index (χ3n) is 4.74. The Hall–Kier alpha value is -2.92. The largest absolute Gasteiger partial charge is 0.469 e. The van der Waals surface area contributed by atoms with Crippen LogP contribution in [0.5, 0.6) is 0 Å². The van der Waals surface area contributed by atoms with E-state index in [-0.39, 0.29) is 12.0 Å². The summed E-state index contributed by atoms with van der Waals surface area (Å²) in [6, 6.07) is 16.7. The van der Waals surface area contributed by atoms with E-state index in [0.29, 0.717) is 12.8 Å². The van der Waals surface area contributed by atoms with Gasteiger partial charge in [0.2, 0.25) is 0 Å². The lowest BCUT2D eigenvalue weighted by molar-refractivity contribution is -0.140. The number of hydrogen-bond donors (Lipinski definition) is 1. The molecule has 146 valence electrons. The van der Waals surface area contributed by atoms with Crippen LogP contribution in [0.2, 0.25) is 0 Å². The first-order valence-corrected chi connectivity index (χ1v) is 9.50. The molecule has 0 radical (unpaired) electrons. The molecule has 1 unspecified atom stereocenters. The topological polar surface area (TPSA) is 70.1 Å². The minimum absolute atomic E-state index is 0.155. The SMILES string of the molecule is COC(=O)CCc1ccc(-c2nc(-c3ccc(CC(C)N)cc3)cn2C)cc1. The van der Waals surface area contributed by atoms with E-state index in [4.69, 9.17) is 15.5 Å². The Kier molecular flexibility index (Phi) is 6.26. The number of carbonyl (C=O) groups excluding carboxylic acids is 1. The second kappa shape index (κ2) is 8.85. The van der Waals surface area contributed by atoms with Gasteiger partial charge in [-0.1, -0.05) is 48.5 Å². The molecule has 3 aromatic rings. The summed E-state index contributed by atoms with van der Waals surface area (Å²) >= 11 is 0.